The number of anilines is 1. The summed E-state index contributed by atoms with van der Waals surface area (Å²) in [5, 5.41) is 16.7. The largest absolute Gasteiger partial charge is 0.486 e. The molecule has 0 aliphatic carbocycles. The SMILES string of the molecule is Cc1cc(NC(=O)CSc2nnc3c(C)cc4cc5c(cc4n23)OCCO5)no1. The molecular formula is C19H17N5O4S. The Bertz CT molecular complexity index is 1250. The first kappa shape index (κ1) is 17.8. The molecule has 9 nitrogen and oxygen atoms in total. The number of nitrogens with one attached hydrogen (secondary N) is 1. The number of benzene rings is 1. The Labute approximate surface area is 169 Å². The summed E-state index contributed by atoms with van der Waals surface area (Å²) < 4.78 is 18.3. The van der Waals surface area contributed by atoms with Crippen molar-refractivity contribution in [3.8, 4) is 11.5 Å². The predicted octanol–water partition coefficient (Wildman–Crippen LogP) is 2.99. The van der Waals surface area contributed by atoms with E-state index >= 15 is 0 Å². The number of rotatable bonds is 4. The van der Waals surface area contributed by atoms with Gasteiger partial charge in [0.15, 0.2) is 28.1 Å². The molecule has 29 heavy (non-hydrogen) atoms. The minimum absolute atomic E-state index is 0.159. The Morgan fingerprint density at radius 1 is 1.14 bits per heavy atom. The molecule has 4 heterocycles. The van der Waals surface area contributed by atoms with Gasteiger partial charge < -0.3 is 19.3 Å². The number of aromatic nitrogens is 4. The highest BCUT2D eigenvalue weighted by Crippen LogP contribution is 2.36. The number of fused-ring (bicyclic) bond motifs is 4. The molecule has 1 aromatic carbocycles. The molecule has 1 aliphatic heterocycles. The highest BCUT2D eigenvalue weighted by atomic mass is 32.2. The Balaban J connectivity index is 1.48. The molecule has 1 amide bonds. The third kappa shape index (κ3) is 3.25. The maximum Gasteiger partial charge on any atom is 0.236 e. The number of amides is 1. The number of hydrogen-bond donors (Lipinski definition) is 1. The first-order valence-electron chi connectivity index (χ1n) is 9.02. The highest BCUT2D eigenvalue weighted by Gasteiger charge is 2.18. The van der Waals surface area contributed by atoms with Gasteiger partial charge in [-0.2, -0.15) is 0 Å². The third-order valence-corrected chi connectivity index (χ3v) is 5.45. The van der Waals surface area contributed by atoms with Crippen molar-refractivity contribution in [3.05, 3.63) is 35.6 Å². The number of hydrogen-bond acceptors (Lipinski definition) is 8. The summed E-state index contributed by atoms with van der Waals surface area (Å²) >= 11 is 1.30. The predicted molar refractivity (Wildman–Crippen MR) is 107 cm³/mol. The van der Waals surface area contributed by atoms with E-state index in [4.69, 9.17) is 14.0 Å². The van der Waals surface area contributed by atoms with Crippen LogP contribution in [0.25, 0.3) is 16.6 Å². The van der Waals surface area contributed by atoms with Crippen LogP contribution in [0.1, 0.15) is 11.3 Å². The Morgan fingerprint density at radius 3 is 2.69 bits per heavy atom. The lowest BCUT2D eigenvalue weighted by molar-refractivity contribution is -0.113. The van der Waals surface area contributed by atoms with Gasteiger partial charge >= 0.3 is 0 Å². The topological polar surface area (TPSA) is 104 Å². The molecule has 0 saturated heterocycles. The van der Waals surface area contributed by atoms with E-state index in [1.807, 2.05) is 29.5 Å². The summed E-state index contributed by atoms with van der Waals surface area (Å²) in [6.45, 7) is 4.79. The molecule has 148 valence electrons. The zero-order valence-corrected chi connectivity index (χ0v) is 16.6. The van der Waals surface area contributed by atoms with Crippen molar-refractivity contribution in [2.75, 3.05) is 24.3 Å². The van der Waals surface area contributed by atoms with Crippen molar-refractivity contribution in [2.24, 2.45) is 0 Å². The minimum atomic E-state index is -0.203. The fraction of sp³-hybridized carbons (Fsp3) is 0.263. The van der Waals surface area contributed by atoms with E-state index in [0.29, 0.717) is 35.7 Å². The number of thioether (sulfide) groups is 1. The van der Waals surface area contributed by atoms with Crippen molar-refractivity contribution in [2.45, 2.75) is 19.0 Å². The first-order valence-corrected chi connectivity index (χ1v) is 10.0. The van der Waals surface area contributed by atoms with Gasteiger partial charge in [0.25, 0.3) is 0 Å². The molecule has 10 heteroatoms. The van der Waals surface area contributed by atoms with E-state index in [1.54, 1.807) is 13.0 Å². The Hall–Kier alpha value is -3.27. The maximum atomic E-state index is 12.3. The molecule has 1 N–H and O–H groups in total. The number of ether oxygens (including phenoxy) is 2. The standard InChI is InChI=1S/C19H17N5O4S/c1-10-5-12-7-14-15(27-4-3-26-14)8-13(12)24-18(10)21-22-19(24)29-9-17(25)20-16-6-11(2)28-23-16/h5-8H,3-4,9H2,1-2H3,(H,20,23,25). The van der Waals surface area contributed by atoms with Crippen LogP contribution in [0.4, 0.5) is 5.82 Å². The summed E-state index contributed by atoms with van der Waals surface area (Å²) in [6.07, 6.45) is 0. The van der Waals surface area contributed by atoms with Gasteiger partial charge in [-0.25, -0.2) is 0 Å². The van der Waals surface area contributed by atoms with Gasteiger partial charge in [-0.05, 0) is 31.5 Å². The van der Waals surface area contributed by atoms with Crippen molar-refractivity contribution >= 4 is 40.0 Å². The van der Waals surface area contributed by atoms with Crippen LogP contribution < -0.4 is 14.8 Å². The molecule has 0 saturated carbocycles. The second kappa shape index (κ2) is 6.96. The van der Waals surface area contributed by atoms with E-state index in [1.165, 1.54) is 11.8 Å². The lowest BCUT2D eigenvalue weighted by Gasteiger charge is -2.19. The van der Waals surface area contributed by atoms with Crippen LogP contribution in [0.15, 0.2) is 33.9 Å². The number of pyridine rings is 1. The zero-order valence-electron chi connectivity index (χ0n) is 15.8. The molecule has 4 aromatic rings. The molecule has 0 unspecified atom stereocenters. The first-order chi connectivity index (χ1) is 14.1. The second-order valence-electron chi connectivity index (χ2n) is 6.68. The summed E-state index contributed by atoms with van der Waals surface area (Å²) in [4.78, 5) is 12.3. The number of carbonyl (C=O) groups is 1. The maximum absolute atomic E-state index is 12.3. The Kier molecular flexibility index (Phi) is 4.27. The summed E-state index contributed by atoms with van der Waals surface area (Å²) in [5.74, 6) is 2.40. The molecule has 5 rings (SSSR count). The summed E-state index contributed by atoms with van der Waals surface area (Å²) in [5.41, 5.74) is 2.62. The third-order valence-electron chi connectivity index (χ3n) is 4.52. The zero-order chi connectivity index (χ0) is 20.0. The molecule has 0 atom stereocenters. The molecule has 0 fully saturated rings. The lowest BCUT2D eigenvalue weighted by Crippen LogP contribution is -2.15. The van der Waals surface area contributed by atoms with Gasteiger partial charge in [-0.3, -0.25) is 9.20 Å². The van der Waals surface area contributed by atoms with E-state index in [-0.39, 0.29) is 11.7 Å². The number of nitrogens with zero attached hydrogens (tertiary/aromatic N) is 4. The fourth-order valence-corrected chi connectivity index (χ4v) is 4.02. The van der Waals surface area contributed by atoms with Crippen LogP contribution in [0.3, 0.4) is 0 Å². The van der Waals surface area contributed by atoms with Crippen LogP contribution >= 0.6 is 11.8 Å². The minimum Gasteiger partial charge on any atom is -0.486 e. The van der Waals surface area contributed by atoms with Crippen LogP contribution in [0.5, 0.6) is 11.5 Å². The smallest absolute Gasteiger partial charge is 0.236 e. The average molecular weight is 411 g/mol. The Morgan fingerprint density at radius 2 is 1.93 bits per heavy atom. The number of aryl methyl sites for hydroxylation is 2. The molecule has 0 spiro atoms. The molecule has 0 bridgehead atoms. The molecule has 3 aromatic heterocycles. The van der Waals surface area contributed by atoms with Crippen LogP contribution in [0, 0.1) is 13.8 Å². The summed E-state index contributed by atoms with van der Waals surface area (Å²) in [7, 11) is 0. The number of carbonyl (C=O) groups excluding carboxylic acids is 1. The van der Waals surface area contributed by atoms with E-state index in [2.05, 4.69) is 20.7 Å². The van der Waals surface area contributed by atoms with Crippen molar-refractivity contribution in [1.29, 1.82) is 0 Å². The van der Waals surface area contributed by atoms with Gasteiger partial charge in [0.1, 0.15) is 19.0 Å². The van der Waals surface area contributed by atoms with Crippen molar-refractivity contribution in [1.82, 2.24) is 19.8 Å². The lowest BCUT2D eigenvalue weighted by atomic mass is 10.1. The van der Waals surface area contributed by atoms with E-state index in [0.717, 1.165) is 27.9 Å². The quantitative estimate of drug-likeness (QED) is 0.511. The van der Waals surface area contributed by atoms with Crippen molar-refractivity contribution < 1.29 is 18.8 Å². The molecule has 0 radical (unpaired) electrons. The van der Waals surface area contributed by atoms with Gasteiger partial charge in [0, 0.05) is 17.5 Å². The van der Waals surface area contributed by atoms with E-state index < -0.39 is 0 Å². The normalized spacial score (nSPS) is 13.2. The molecule has 1 aliphatic rings. The summed E-state index contributed by atoms with van der Waals surface area (Å²) in [6, 6.07) is 7.61. The second-order valence-corrected chi connectivity index (χ2v) is 7.63. The van der Waals surface area contributed by atoms with Gasteiger partial charge in [-0.15, -0.1) is 10.2 Å². The van der Waals surface area contributed by atoms with Crippen LogP contribution in [-0.4, -0.2) is 44.6 Å². The highest BCUT2D eigenvalue weighted by molar-refractivity contribution is 7.99. The van der Waals surface area contributed by atoms with Gasteiger partial charge in [0.05, 0.1) is 11.3 Å². The van der Waals surface area contributed by atoms with Gasteiger partial charge in [0.2, 0.25) is 5.91 Å². The van der Waals surface area contributed by atoms with E-state index in [9.17, 15) is 4.79 Å². The van der Waals surface area contributed by atoms with Crippen LogP contribution in [0.2, 0.25) is 0 Å². The average Bonchev–Trinajstić information content (AvgIpc) is 3.32. The van der Waals surface area contributed by atoms with Gasteiger partial charge in [-0.1, -0.05) is 16.9 Å². The van der Waals surface area contributed by atoms with Crippen molar-refractivity contribution in [3.63, 3.8) is 0 Å². The molecular weight excluding hydrogens is 394 g/mol. The monoisotopic (exact) mass is 411 g/mol. The fourth-order valence-electron chi connectivity index (χ4n) is 3.27. The van der Waals surface area contributed by atoms with Crippen LogP contribution in [-0.2, 0) is 4.79 Å².